The van der Waals surface area contributed by atoms with Crippen molar-refractivity contribution in [3.8, 4) is 0 Å². The Hall–Kier alpha value is -2.04. The molecule has 0 saturated heterocycles. The van der Waals surface area contributed by atoms with Crippen molar-refractivity contribution in [3.63, 3.8) is 0 Å². The number of anilines is 1. The third-order valence-corrected chi connectivity index (χ3v) is 2.19. The van der Waals surface area contributed by atoms with Crippen molar-refractivity contribution in [1.82, 2.24) is 5.32 Å². The molecule has 0 aliphatic heterocycles. The number of nitrogens with one attached hydrogen (secondary N) is 2. The maximum Gasteiger partial charge on any atom is 0.322 e. The van der Waals surface area contributed by atoms with Crippen molar-refractivity contribution in [2.24, 2.45) is 0 Å². The Labute approximate surface area is 99.8 Å². The summed E-state index contributed by atoms with van der Waals surface area (Å²) in [6, 6.07) is 7.47. The number of carbonyl (C=O) groups is 2. The topological polar surface area (TPSA) is 78.4 Å². The van der Waals surface area contributed by atoms with Crippen LogP contribution < -0.4 is 10.6 Å². The Bertz CT molecular complexity index is 387. The van der Waals surface area contributed by atoms with Crippen molar-refractivity contribution in [2.45, 2.75) is 13.3 Å². The lowest BCUT2D eigenvalue weighted by molar-refractivity contribution is -0.135. The van der Waals surface area contributed by atoms with Gasteiger partial charge in [0.2, 0.25) is 5.91 Å². The summed E-state index contributed by atoms with van der Waals surface area (Å²) in [6.45, 7) is 2.00. The second-order valence-corrected chi connectivity index (χ2v) is 3.68. The van der Waals surface area contributed by atoms with Gasteiger partial charge in [0, 0.05) is 19.2 Å². The van der Waals surface area contributed by atoms with Gasteiger partial charge >= 0.3 is 5.97 Å². The van der Waals surface area contributed by atoms with Crippen LogP contribution in [0.5, 0.6) is 0 Å². The van der Waals surface area contributed by atoms with Crippen LogP contribution in [-0.2, 0) is 16.0 Å². The summed E-state index contributed by atoms with van der Waals surface area (Å²) < 4.78 is 0. The number of carbonyl (C=O) groups excluding carboxylic acids is 1. The van der Waals surface area contributed by atoms with E-state index in [1.165, 1.54) is 6.92 Å². The summed E-state index contributed by atoms with van der Waals surface area (Å²) >= 11 is 0. The predicted molar refractivity (Wildman–Crippen MR) is 65.0 cm³/mol. The summed E-state index contributed by atoms with van der Waals surface area (Å²) in [5.41, 5.74) is 1.87. The largest absolute Gasteiger partial charge is 0.480 e. The zero-order chi connectivity index (χ0) is 12.7. The van der Waals surface area contributed by atoms with Crippen LogP contribution in [0.1, 0.15) is 12.5 Å². The van der Waals surface area contributed by atoms with Gasteiger partial charge in [0.15, 0.2) is 0 Å². The summed E-state index contributed by atoms with van der Waals surface area (Å²) in [5, 5.41) is 14.0. The first-order chi connectivity index (χ1) is 8.08. The molecule has 0 heterocycles. The first-order valence-electron chi connectivity index (χ1n) is 5.37. The molecule has 0 aromatic heterocycles. The van der Waals surface area contributed by atoms with Gasteiger partial charge in [-0.1, -0.05) is 12.1 Å². The molecule has 0 aliphatic rings. The van der Waals surface area contributed by atoms with E-state index in [1.54, 1.807) is 0 Å². The molecule has 0 aliphatic carbocycles. The molecule has 1 rings (SSSR count). The fourth-order valence-electron chi connectivity index (χ4n) is 1.35. The molecule has 1 aromatic carbocycles. The van der Waals surface area contributed by atoms with Gasteiger partial charge in [0.1, 0.15) is 6.54 Å². The highest BCUT2D eigenvalue weighted by atomic mass is 16.4. The lowest BCUT2D eigenvalue weighted by Crippen LogP contribution is -2.22. The fourth-order valence-corrected chi connectivity index (χ4v) is 1.35. The minimum atomic E-state index is -0.889. The summed E-state index contributed by atoms with van der Waals surface area (Å²) in [4.78, 5) is 21.0. The Morgan fingerprint density at radius 2 is 1.88 bits per heavy atom. The normalized spacial score (nSPS) is 9.71. The number of amides is 1. The number of hydrogen-bond acceptors (Lipinski definition) is 3. The molecule has 3 N–H and O–H groups in total. The highest BCUT2D eigenvalue weighted by molar-refractivity contribution is 5.73. The van der Waals surface area contributed by atoms with E-state index < -0.39 is 5.97 Å². The first kappa shape index (κ1) is 13.0. The third-order valence-electron chi connectivity index (χ3n) is 2.19. The van der Waals surface area contributed by atoms with E-state index in [1.807, 2.05) is 24.3 Å². The molecule has 0 fully saturated rings. The van der Waals surface area contributed by atoms with Gasteiger partial charge in [-0.2, -0.15) is 0 Å². The van der Waals surface area contributed by atoms with E-state index in [4.69, 9.17) is 5.11 Å². The molecule has 5 heteroatoms. The average molecular weight is 236 g/mol. The maximum absolute atomic E-state index is 10.7. The lowest BCUT2D eigenvalue weighted by atomic mass is 10.1. The van der Waals surface area contributed by atoms with E-state index in [-0.39, 0.29) is 12.5 Å². The summed E-state index contributed by atoms with van der Waals surface area (Å²) in [7, 11) is 0. The first-order valence-corrected chi connectivity index (χ1v) is 5.37. The molecule has 0 atom stereocenters. The molecule has 0 radical (unpaired) electrons. The van der Waals surface area contributed by atoms with Gasteiger partial charge in [-0.15, -0.1) is 0 Å². The molecule has 1 aromatic rings. The molecule has 1 amide bonds. The fraction of sp³-hybridized carbons (Fsp3) is 0.333. The van der Waals surface area contributed by atoms with E-state index in [9.17, 15) is 9.59 Å². The minimum Gasteiger partial charge on any atom is -0.480 e. The number of benzene rings is 1. The number of carboxylic acid groups (broad SMARTS) is 1. The van der Waals surface area contributed by atoms with Crippen molar-refractivity contribution in [1.29, 1.82) is 0 Å². The standard InChI is InChI=1S/C12H16N2O3/c1-9(15)13-7-6-10-2-4-11(5-3-10)14-8-12(16)17/h2-5,14H,6-8H2,1H3,(H,13,15)(H,16,17). The second-order valence-electron chi connectivity index (χ2n) is 3.68. The third kappa shape index (κ3) is 5.55. The van der Waals surface area contributed by atoms with Crippen molar-refractivity contribution in [3.05, 3.63) is 29.8 Å². The minimum absolute atomic E-state index is 0.0373. The number of hydrogen-bond donors (Lipinski definition) is 3. The smallest absolute Gasteiger partial charge is 0.322 e. The van der Waals surface area contributed by atoms with Crippen LogP contribution in [0.2, 0.25) is 0 Å². The van der Waals surface area contributed by atoms with Crippen LogP contribution in [-0.4, -0.2) is 30.1 Å². The van der Waals surface area contributed by atoms with Gasteiger partial charge in [-0.05, 0) is 24.1 Å². The summed E-state index contributed by atoms with van der Waals surface area (Å²) in [5.74, 6) is -0.926. The van der Waals surface area contributed by atoms with Crippen LogP contribution in [0.25, 0.3) is 0 Å². The monoisotopic (exact) mass is 236 g/mol. The zero-order valence-electron chi connectivity index (χ0n) is 9.69. The van der Waals surface area contributed by atoms with Gasteiger partial charge in [0.05, 0.1) is 0 Å². The van der Waals surface area contributed by atoms with Crippen molar-refractivity contribution in [2.75, 3.05) is 18.4 Å². The number of carboxylic acids is 1. The Balaban J connectivity index is 2.39. The predicted octanol–water partition coefficient (Wildman–Crippen LogP) is 0.862. The average Bonchev–Trinajstić information content (AvgIpc) is 2.27. The van der Waals surface area contributed by atoms with Crippen molar-refractivity contribution < 1.29 is 14.7 Å². The summed E-state index contributed by atoms with van der Waals surface area (Å²) in [6.07, 6.45) is 0.763. The van der Waals surface area contributed by atoms with Crippen LogP contribution >= 0.6 is 0 Å². The highest BCUT2D eigenvalue weighted by Crippen LogP contribution is 2.09. The van der Waals surface area contributed by atoms with Crippen LogP contribution in [0.4, 0.5) is 5.69 Å². The molecule has 0 saturated carbocycles. The van der Waals surface area contributed by atoms with Gasteiger partial charge in [-0.3, -0.25) is 9.59 Å². The number of rotatable bonds is 6. The van der Waals surface area contributed by atoms with Gasteiger partial charge in [-0.25, -0.2) is 0 Å². The lowest BCUT2D eigenvalue weighted by Gasteiger charge is -2.05. The highest BCUT2D eigenvalue weighted by Gasteiger charge is 1.98. The molecule has 0 bridgehead atoms. The molecular weight excluding hydrogens is 220 g/mol. The maximum atomic E-state index is 10.7. The van der Waals surface area contributed by atoms with Gasteiger partial charge < -0.3 is 15.7 Å². The molecule has 17 heavy (non-hydrogen) atoms. The molecular formula is C12H16N2O3. The second kappa shape index (κ2) is 6.52. The van der Waals surface area contributed by atoms with Crippen LogP contribution in [0.3, 0.4) is 0 Å². The zero-order valence-corrected chi connectivity index (χ0v) is 9.69. The Morgan fingerprint density at radius 1 is 1.24 bits per heavy atom. The van der Waals surface area contributed by atoms with Crippen LogP contribution in [0, 0.1) is 0 Å². The van der Waals surface area contributed by atoms with E-state index in [0.717, 1.165) is 17.7 Å². The van der Waals surface area contributed by atoms with Gasteiger partial charge in [0.25, 0.3) is 0 Å². The van der Waals surface area contributed by atoms with E-state index in [2.05, 4.69) is 10.6 Å². The number of aliphatic carboxylic acids is 1. The van der Waals surface area contributed by atoms with Crippen molar-refractivity contribution >= 4 is 17.6 Å². The Morgan fingerprint density at radius 3 is 2.41 bits per heavy atom. The molecule has 5 nitrogen and oxygen atoms in total. The molecule has 92 valence electrons. The van der Waals surface area contributed by atoms with Crippen LogP contribution in [0.15, 0.2) is 24.3 Å². The van der Waals surface area contributed by atoms with E-state index in [0.29, 0.717) is 6.54 Å². The molecule has 0 unspecified atom stereocenters. The Kier molecular flexibility index (Phi) is 5.00. The quantitative estimate of drug-likeness (QED) is 0.684. The SMILES string of the molecule is CC(=O)NCCc1ccc(NCC(=O)O)cc1. The van der Waals surface area contributed by atoms with E-state index >= 15 is 0 Å². The molecule has 0 spiro atoms.